The monoisotopic (exact) mass is 164 g/mol. The molecule has 0 fully saturated rings. The highest BCUT2D eigenvalue weighted by molar-refractivity contribution is 5.99. The van der Waals surface area contributed by atoms with Crippen LogP contribution in [0.1, 0.15) is 33.1 Å². The maximum atomic E-state index is 11.4. The van der Waals surface area contributed by atoms with E-state index in [0.29, 0.717) is 12.3 Å². The highest BCUT2D eigenvalue weighted by atomic mass is 16.1. The maximum absolute atomic E-state index is 11.4. The molecule has 0 aromatic rings. The van der Waals surface area contributed by atoms with Crippen LogP contribution in [0.2, 0.25) is 0 Å². The summed E-state index contributed by atoms with van der Waals surface area (Å²) < 4.78 is 0. The smallest absolute Gasteiger partial charge is 0.162 e. The van der Waals surface area contributed by atoms with Gasteiger partial charge in [-0.05, 0) is 18.8 Å². The molecule has 1 rings (SSSR count). The van der Waals surface area contributed by atoms with Crippen molar-refractivity contribution < 1.29 is 4.79 Å². The van der Waals surface area contributed by atoms with Gasteiger partial charge in [0.1, 0.15) is 0 Å². The molecule has 0 aromatic heterocycles. The van der Waals surface area contributed by atoms with Gasteiger partial charge in [-0.15, -0.1) is 0 Å². The van der Waals surface area contributed by atoms with E-state index in [9.17, 15) is 4.79 Å². The minimum atomic E-state index is 0.278. The van der Waals surface area contributed by atoms with Crippen LogP contribution < -0.4 is 0 Å². The zero-order valence-corrected chi connectivity index (χ0v) is 7.89. The van der Waals surface area contributed by atoms with Gasteiger partial charge in [-0.2, -0.15) is 0 Å². The second-order valence-corrected chi connectivity index (χ2v) is 3.57. The van der Waals surface area contributed by atoms with Crippen molar-refractivity contribution in [2.24, 2.45) is 5.92 Å². The van der Waals surface area contributed by atoms with E-state index in [1.54, 1.807) is 6.08 Å². The lowest BCUT2D eigenvalue weighted by Gasteiger charge is -2.19. The molecule has 0 N–H and O–H groups in total. The second-order valence-electron chi connectivity index (χ2n) is 3.57. The third kappa shape index (κ3) is 1.66. The largest absolute Gasteiger partial charge is 0.294 e. The molecule has 1 aliphatic rings. The van der Waals surface area contributed by atoms with E-state index < -0.39 is 0 Å². The molecule has 12 heavy (non-hydrogen) atoms. The molecule has 1 nitrogen and oxygen atoms in total. The lowest BCUT2D eigenvalue weighted by molar-refractivity contribution is -0.115. The molecule has 1 aliphatic carbocycles. The molecule has 0 spiro atoms. The molecule has 0 amide bonds. The van der Waals surface area contributed by atoms with Crippen molar-refractivity contribution in [3.8, 4) is 0 Å². The van der Waals surface area contributed by atoms with E-state index in [2.05, 4.69) is 20.4 Å². The van der Waals surface area contributed by atoms with Gasteiger partial charge < -0.3 is 0 Å². The Morgan fingerprint density at radius 3 is 2.50 bits per heavy atom. The quantitative estimate of drug-likeness (QED) is 0.613. The Kier molecular flexibility index (Phi) is 2.85. The maximum Gasteiger partial charge on any atom is 0.162 e. The van der Waals surface area contributed by atoms with E-state index in [1.165, 1.54) is 5.57 Å². The lowest BCUT2D eigenvalue weighted by atomic mass is 9.85. The van der Waals surface area contributed by atoms with Crippen LogP contribution in [0.25, 0.3) is 0 Å². The SMILES string of the molecule is C=CC1=C(C(C)C)CCCC1=O. The first-order valence-corrected chi connectivity index (χ1v) is 4.55. The fourth-order valence-electron chi connectivity index (χ4n) is 1.73. The molecule has 66 valence electrons. The Hall–Kier alpha value is -0.850. The average Bonchev–Trinajstić information content (AvgIpc) is 2.03. The van der Waals surface area contributed by atoms with Crippen molar-refractivity contribution in [3.63, 3.8) is 0 Å². The van der Waals surface area contributed by atoms with Gasteiger partial charge in [-0.1, -0.05) is 32.1 Å². The molecule has 0 saturated carbocycles. The van der Waals surface area contributed by atoms with Gasteiger partial charge in [-0.3, -0.25) is 4.79 Å². The van der Waals surface area contributed by atoms with Crippen molar-refractivity contribution >= 4 is 5.78 Å². The van der Waals surface area contributed by atoms with Crippen LogP contribution in [0.5, 0.6) is 0 Å². The second kappa shape index (κ2) is 3.70. The number of hydrogen-bond donors (Lipinski definition) is 0. The van der Waals surface area contributed by atoms with Gasteiger partial charge in [0, 0.05) is 12.0 Å². The van der Waals surface area contributed by atoms with Crippen molar-refractivity contribution in [2.75, 3.05) is 0 Å². The molecule has 0 radical (unpaired) electrons. The van der Waals surface area contributed by atoms with Gasteiger partial charge in [0.2, 0.25) is 0 Å². The highest BCUT2D eigenvalue weighted by Gasteiger charge is 2.19. The third-order valence-electron chi connectivity index (χ3n) is 2.40. The number of hydrogen-bond acceptors (Lipinski definition) is 1. The number of carbonyl (C=O) groups is 1. The molecule has 0 aliphatic heterocycles. The van der Waals surface area contributed by atoms with E-state index in [1.807, 2.05) is 0 Å². The molecular formula is C11H16O. The first-order chi connectivity index (χ1) is 5.66. The summed E-state index contributed by atoms with van der Waals surface area (Å²) >= 11 is 0. The summed E-state index contributed by atoms with van der Waals surface area (Å²) in [6.07, 6.45) is 4.52. The van der Waals surface area contributed by atoms with Crippen LogP contribution in [0, 0.1) is 5.92 Å². The van der Waals surface area contributed by atoms with Crippen LogP contribution >= 0.6 is 0 Å². The first kappa shape index (κ1) is 9.24. The summed E-state index contributed by atoms with van der Waals surface area (Å²) in [5, 5.41) is 0. The van der Waals surface area contributed by atoms with Crippen molar-refractivity contribution in [1.29, 1.82) is 0 Å². The van der Waals surface area contributed by atoms with E-state index in [4.69, 9.17) is 0 Å². The zero-order chi connectivity index (χ0) is 9.14. The molecule has 0 unspecified atom stereocenters. The molecule has 0 aromatic carbocycles. The first-order valence-electron chi connectivity index (χ1n) is 4.55. The van der Waals surface area contributed by atoms with E-state index >= 15 is 0 Å². The van der Waals surface area contributed by atoms with Crippen LogP contribution in [-0.4, -0.2) is 5.78 Å². The molecule has 0 heterocycles. The Morgan fingerprint density at radius 2 is 2.08 bits per heavy atom. The number of allylic oxidation sites excluding steroid dienone is 3. The molecule has 0 bridgehead atoms. The zero-order valence-electron chi connectivity index (χ0n) is 7.89. The fourth-order valence-corrected chi connectivity index (χ4v) is 1.73. The summed E-state index contributed by atoms with van der Waals surface area (Å²) in [4.78, 5) is 11.4. The topological polar surface area (TPSA) is 17.1 Å². The standard InChI is InChI=1S/C11H16O/c1-4-9-10(8(2)3)6-5-7-11(9)12/h4,8H,1,5-7H2,2-3H3. The number of ketones is 1. The van der Waals surface area contributed by atoms with Gasteiger partial charge >= 0.3 is 0 Å². The average molecular weight is 164 g/mol. The summed E-state index contributed by atoms with van der Waals surface area (Å²) in [5.74, 6) is 0.766. The molecule has 0 saturated heterocycles. The van der Waals surface area contributed by atoms with Gasteiger partial charge in [0.05, 0.1) is 0 Å². The summed E-state index contributed by atoms with van der Waals surface area (Å²) in [5.41, 5.74) is 2.18. The van der Waals surface area contributed by atoms with Gasteiger partial charge in [0.25, 0.3) is 0 Å². The Morgan fingerprint density at radius 1 is 1.42 bits per heavy atom. The lowest BCUT2D eigenvalue weighted by Crippen LogP contribution is -2.13. The van der Waals surface area contributed by atoms with Crippen molar-refractivity contribution in [1.82, 2.24) is 0 Å². The highest BCUT2D eigenvalue weighted by Crippen LogP contribution is 2.27. The van der Waals surface area contributed by atoms with Gasteiger partial charge in [-0.25, -0.2) is 0 Å². The van der Waals surface area contributed by atoms with Crippen LogP contribution in [-0.2, 0) is 4.79 Å². The number of carbonyl (C=O) groups excluding carboxylic acids is 1. The van der Waals surface area contributed by atoms with Crippen LogP contribution in [0.15, 0.2) is 23.8 Å². The summed E-state index contributed by atoms with van der Waals surface area (Å²) in [6.45, 7) is 7.96. The number of rotatable bonds is 2. The Bertz CT molecular complexity index is 233. The summed E-state index contributed by atoms with van der Waals surface area (Å²) in [6, 6.07) is 0. The minimum Gasteiger partial charge on any atom is -0.294 e. The molecule has 0 atom stereocenters. The van der Waals surface area contributed by atoms with Gasteiger partial charge in [0.15, 0.2) is 5.78 Å². The molecular weight excluding hydrogens is 148 g/mol. The van der Waals surface area contributed by atoms with Crippen LogP contribution in [0.3, 0.4) is 0 Å². The Balaban J connectivity index is 3.02. The predicted molar refractivity (Wildman–Crippen MR) is 50.9 cm³/mol. The van der Waals surface area contributed by atoms with E-state index in [0.717, 1.165) is 18.4 Å². The minimum absolute atomic E-state index is 0.278. The third-order valence-corrected chi connectivity index (χ3v) is 2.40. The molecule has 1 heteroatoms. The van der Waals surface area contributed by atoms with Crippen LogP contribution in [0.4, 0.5) is 0 Å². The predicted octanol–water partition coefficient (Wildman–Crippen LogP) is 2.88. The van der Waals surface area contributed by atoms with E-state index in [-0.39, 0.29) is 5.78 Å². The summed E-state index contributed by atoms with van der Waals surface area (Å²) in [7, 11) is 0. The van der Waals surface area contributed by atoms with Crippen molar-refractivity contribution in [3.05, 3.63) is 23.8 Å². The Labute approximate surface area is 74.2 Å². The fraction of sp³-hybridized carbons (Fsp3) is 0.545. The number of Topliss-reactive ketones (excluding diaryl/α,β-unsaturated/α-hetero) is 1. The normalized spacial score (nSPS) is 18.8. The van der Waals surface area contributed by atoms with Crippen molar-refractivity contribution in [2.45, 2.75) is 33.1 Å².